The molecule has 0 aliphatic rings. The van der Waals surface area contributed by atoms with Crippen molar-refractivity contribution in [3.05, 3.63) is 17.0 Å². The van der Waals surface area contributed by atoms with Crippen LogP contribution in [0.5, 0.6) is 0 Å². The first-order valence-electron chi connectivity index (χ1n) is 6.16. The Morgan fingerprint density at radius 2 is 2.26 bits per heavy atom. The maximum absolute atomic E-state index is 11.5. The van der Waals surface area contributed by atoms with Crippen molar-refractivity contribution in [2.24, 2.45) is 0 Å². The van der Waals surface area contributed by atoms with Gasteiger partial charge in [-0.1, -0.05) is 30.3 Å². The maximum atomic E-state index is 11.5. The number of hydrogen-bond acceptors (Lipinski definition) is 5. The zero-order valence-electron chi connectivity index (χ0n) is 11.1. The minimum absolute atomic E-state index is 0.00653. The van der Waals surface area contributed by atoms with Crippen molar-refractivity contribution in [1.82, 2.24) is 15.3 Å². The van der Waals surface area contributed by atoms with Gasteiger partial charge in [0.1, 0.15) is 16.8 Å². The smallest absolute Gasteiger partial charge is 0.230 e. The molecule has 0 spiro atoms. The Hall–Kier alpha value is -0.850. The quantitative estimate of drug-likeness (QED) is 0.589. The fourth-order valence-corrected chi connectivity index (χ4v) is 2.24. The number of aromatic nitrogens is 2. The lowest BCUT2D eigenvalue weighted by atomic mass is 10.5. The number of carbonyl (C=O) groups excluding carboxylic acids is 1. The molecule has 0 unspecified atom stereocenters. The van der Waals surface area contributed by atoms with Gasteiger partial charge in [0.2, 0.25) is 5.91 Å². The third kappa shape index (κ3) is 6.75. The number of thioether (sulfide) groups is 1. The van der Waals surface area contributed by atoms with Gasteiger partial charge < -0.3 is 10.1 Å². The molecule has 1 aromatic heterocycles. The predicted octanol–water partition coefficient (Wildman–Crippen LogP) is 2.28. The first kappa shape index (κ1) is 16.2. The molecule has 0 radical (unpaired) electrons. The van der Waals surface area contributed by atoms with Gasteiger partial charge in [-0.25, -0.2) is 9.97 Å². The van der Waals surface area contributed by atoms with Gasteiger partial charge in [0, 0.05) is 19.2 Å². The van der Waals surface area contributed by atoms with Crippen LogP contribution >= 0.6 is 23.4 Å². The number of nitrogens with zero attached hydrogens (tertiary/aromatic N) is 2. The van der Waals surface area contributed by atoms with Crippen LogP contribution in [0.3, 0.4) is 0 Å². The molecule has 106 valence electrons. The molecule has 19 heavy (non-hydrogen) atoms. The van der Waals surface area contributed by atoms with E-state index in [1.165, 1.54) is 11.8 Å². The number of hydrogen-bond donors (Lipinski definition) is 1. The highest BCUT2D eigenvalue weighted by molar-refractivity contribution is 7.99. The lowest BCUT2D eigenvalue weighted by Gasteiger charge is -2.05. The van der Waals surface area contributed by atoms with E-state index in [4.69, 9.17) is 16.3 Å². The molecule has 0 aliphatic heterocycles. The van der Waals surface area contributed by atoms with Crippen molar-refractivity contribution in [3.63, 3.8) is 0 Å². The first-order valence-corrected chi connectivity index (χ1v) is 7.52. The van der Waals surface area contributed by atoms with Crippen LogP contribution in [-0.4, -0.2) is 34.8 Å². The Morgan fingerprint density at radius 3 is 2.95 bits per heavy atom. The molecule has 1 heterocycles. The summed E-state index contributed by atoms with van der Waals surface area (Å²) in [5.41, 5.74) is 0. The van der Waals surface area contributed by atoms with Crippen LogP contribution in [0.2, 0.25) is 5.15 Å². The van der Waals surface area contributed by atoms with E-state index in [-0.39, 0.29) is 5.91 Å². The predicted molar refractivity (Wildman–Crippen MR) is 76.4 cm³/mol. The summed E-state index contributed by atoms with van der Waals surface area (Å²) < 4.78 is 5.24. The Kier molecular flexibility index (Phi) is 7.78. The molecule has 0 aromatic carbocycles. The summed E-state index contributed by atoms with van der Waals surface area (Å²) in [4.78, 5) is 19.8. The average Bonchev–Trinajstić information content (AvgIpc) is 2.40. The van der Waals surface area contributed by atoms with E-state index < -0.39 is 0 Å². The average molecular weight is 304 g/mol. The van der Waals surface area contributed by atoms with E-state index in [0.717, 1.165) is 6.42 Å². The third-order valence-corrected chi connectivity index (χ3v) is 3.18. The van der Waals surface area contributed by atoms with E-state index >= 15 is 0 Å². The van der Waals surface area contributed by atoms with E-state index in [0.29, 0.717) is 41.5 Å². The Bertz CT molecular complexity index is 418. The fraction of sp³-hybridized carbons (Fsp3) is 0.583. The van der Waals surface area contributed by atoms with Crippen molar-refractivity contribution in [2.45, 2.75) is 31.9 Å². The lowest BCUT2D eigenvalue weighted by Crippen LogP contribution is -2.25. The standard InChI is InChI=1S/C12H18ClN3O2S/c1-3-5-14-11(17)8-19-12-6-9(13)15-10(16-12)7-18-4-2/h6H,3-5,7-8H2,1-2H3,(H,14,17). The minimum atomic E-state index is -0.00653. The van der Waals surface area contributed by atoms with Crippen molar-refractivity contribution in [1.29, 1.82) is 0 Å². The molecule has 1 N–H and O–H groups in total. The topological polar surface area (TPSA) is 64.1 Å². The van der Waals surface area contributed by atoms with Gasteiger partial charge in [-0.2, -0.15) is 0 Å². The zero-order valence-corrected chi connectivity index (χ0v) is 12.7. The number of rotatable bonds is 8. The number of carbonyl (C=O) groups is 1. The van der Waals surface area contributed by atoms with Gasteiger partial charge in [-0.3, -0.25) is 4.79 Å². The Balaban J connectivity index is 2.52. The molecule has 0 saturated heterocycles. The number of ether oxygens (including phenoxy) is 1. The SMILES string of the molecule is CCCNC(=O)CSc1cc(Cl)nc(COCC)n1. The van der Waals surface area contributed by atoms with Gasteiger partial charge in [-0.05, 0) is 13.3 Å². The summed E-state index contributed by atoms with van der Waals surface area (Å²) in [7, 11) is 0. The molecule has 1 rings (SSSR count). The van der Waals surface area contributed by atoms with E-state index in [9.17, 15) is 4.79 Å². The van der Waals surface area contributed by atoms with Crippen LogP contribution in [0.4, 0.5) is 0 Å². The second-order valence-corrected chi connectivity index (χ2v) is 5.10. The molecular formula is C12H18ClN3O2S. The van der Waals surface area contributed by atoms with Gasteiger partial charge >= 0.3 is 0 Å². The summed E-state index contributed by atoms with van der Waals surface area (Å²) in [6.07, 6.45) is 0.925. The molecule has 1 aromatic rings. The number of amides is 1. The van der Waals surface area contributed by atoms with Crippen LogP contribution in [-0.2, 0) is 16.1 Å². The monoisotopic (exact) mass is 303 g/mol. The molecule has 0 bridgehead atoms. The molecule has 1 amide bonds. The van der Waals surface area contributed by atoms with Crippen LogP contribution in [0.1, 0.15) is 26.1 Å². The lowest BCUT2D eigenvalue weighted by molar-refractivity contribution is -0.118. The second-order valence-electron chi connectivity index (χ2n) is 3.72. The summed E-state index contributed by atoms with van der Waals surface area (Å²) in [5.74, 6) is 0.847. The highest BCUT2D eigenvalue weighted by atomic mass is 35.5. The largest absolute Gasteiger partial charge is 0.374 e. The number of nitrogens with one attached hydrogen (secondary N) is 1. The summed E-state index contributed by atoms with van der Waals surface area (Å²) in [6.45, 7) is 5.53. The van der Waals surface area contributed by atoms with Crippen LogP contribution in [0, 0.1) is 0 Å². The molecule has 0 aliphatic carbocycles. The van der Waals surface area contributed by atoms with Crippen molar-refractivity contribution < 1.29 is 9.53 Å². The van der Waals surface area contributed by atoms with Crippen LogP contribution in [0.15, 0.2) is 11.1 Å². The first-order chi connectivity index (χ1) is 9.15. The molecule has 0 saturated carbocycles. The van der Waals surface area contributed by atoms with Gasteiger partial charge in [-0.15, -0.1) is 0 Å². The second kappa shape index (κ2) is 9.12. The normalized spacial score (nSPS) is 10.5. The molecule has 5 nitrogen and oxygen atoms in total. The molecule has 7 heteroatoms. The minimum Gasteiger partial charge on any atom is -0.374 e. The molecule has 0 fully saturated rings. The third-order valence-electron chi connectivity index (χ3n) is 2.08. The highest BCUT2D eigenvalue weighted by Gasteiger charge is 2.07. The van der Waals surface area contributed by atoms with Gasteiger partial charge in [0.15, 0.2) is 5.82 Å². The van der Waals surface area contributed by atoms with Crippen molar-refractivity contribution in [3.8, 4) is 0 Å². The van der Waals surface area contributed by atoms with Crippen LogP contribution < -0.4 is 5.32 Å². The van der Waals surface area contributed by atoms with E-state index in [1.807, 2.05) is 13.8 Å². The Morgan fingerprint density at radius 1 is 1.47 bits per heavy atom. The zero-order chi connectivity index (χ0) is 14.1. The van der Waals surface area contributed by atoms with Gasteiger partial charge in [0.25, 0.3) is 0 Å². The highest BCUT2D eigenvalue weighted by Crippen LogP contribution is 2.18. The van der Waals surface area contributed by atoms with Gasteiger partial charge in [0.05, 0.1) is 5.75 Å². The van der Waals surface area contributed by atoms with E-state index in [1.54, 1.807) is 6.07 Å². The van der Waals surface area contributed by atoms with Crippen molar-refractivity contribution >= 4 is 29.3 Å². The Labute approximate surface area is 122 Å². The maximum Gasteiger partial charge on any atom is 0.230 e. The molecule has 0 atom stereocenters. The molecular weight excluding hydrogens is 286 g/mol. The van der Waals surface area contributed by atoms with E-state index in [2.05, 4.69) is 15.3 Å². The van der Waals surface area contributed by atoms with Crippen molar-refractivity contribution in [2.75, 3.05) is 18.9 Å². The number of halogens is 1. The fourth-order valence-electron chi connectivity index (χ4n) is 1.23. The summed E-state index contributed by atoms with van der Waals surface area (Å²) in [5, 5.41) is 3.85. The van der Waals surface area contributed by atoms with Crippen LogP contribution in [0.25, 0.3) is 0 Å². The summed E-state index contributed by atoms with van der Waals surface area (Å²) in [6, 6.07) is 1.65. The summed E-state index contributed by atoms with van der Waals surface area (Å²) >= 11 is 7.24.